The summed E-state index contributed by atoms with van der Waals surface area (Å²) in [4.78, 5) is 24.4. The van der Waals surface area contributed by atoms with Crippen molar-refractivity contribution < 1.29 is 27.5 Å². The van der Waals surface area contributed by atoms with Crippen molar-refractivity contribution in [2.45, 2.75) is 30.2 Å². The van der Waals surface area contributed by atoms with Gasteiger partial charge in [0.15, 0.2) is 0 Å². The van der Waals surface area contributed by atoms with E-state index in [2.05, 4.69) is 10.0 Å². The highest BCUT2D eigenvalue weighted by Gasteiger charge is 2.37. The fourth-order valence-electron chi connectivity index (χ4n) is 3.01. The molecule has 0 spiro atoms. The number of hydrogen-bond acceptors (Lipinski definition) is 5. The van der Waals surface area contributed by atoms with Crippen LogP contribution in [0.1, 0.15) is 24.7 Å². The zero-order valence-electron chi connectivity index (χ0n) is 16.7. The maximum atomic E-state index is 12.5. The van der Waals surface area contributed by atoms with Crippen molar-refractivity contribution in [3.63, 3.8) is 0 Å². The Hall–Kier alpha value is -3.43. The Morgan fingerprint density at radius 2 is 1.68 bits per heavy atom. The van der Waals surface area contributed by atoms with Gasteiger partial charge in [0.25, 0.3) is 0 Å². The molecule has 0 aliphatic carbocycles. The van der Waals surface area contributed by atoms with Crippen LogP contribution in [0.15, 0.2) is 82.3 Å². The number of hydrogen-bond donors (Lipinski definition) is 3. The van der Waals surface area contributed by atoms with E-state index in [9.17, 15) is 23.1 Å². The molecule has 0 bridgehead atoms. The Labute approximate surface area is 180 Å². The van der Waals surface area contributed by atoms with Crippen LogP contribution in [0.5, 0.6) is 0 Å². The van der Waals surface area contributed by atoms with Crippen LogP contribution in [-0.4, -0.2) is 25.4 Å². The van der Waals surface area contributed by atoms with Crippen molar-refractivity contribution in [3.8, 4) is 0 Å². The van der Waals surface area contributed by atoms with Gasteiger partial charge in [-0.15, -0.1) is 0 Å². The standard InChI is InChI=1S/C22H22N2O6S/c1-22(21(26)27,16-6-3-2-4-7-16)14-20(25)24-17-9-11-19(12-10-17)31(28,29)23-15-18-8-5-13-30-18/h2-13,23H,14-15H2,1H3,(H,24,25)(H,26,27)/t22-/m0/s1. The Kier molecular flexibility index (Phi) is 6.57. The fourth-order valence-corrected chi connectivity index (χ4v) is 4.01. The van der Waals surface area contributed by atoms with Crippen LogP contribution in [0.3, 0.4) is 0 Å². The first-order valence-electron chi connectivity index (χ1n) is 9.41. The summed E-state index contributed by atoms with van der Waals surface area (Å²) in [7, 11) is -3.76. The second kappa shape index (κ2) is 9.15. The number of carbonyl (C=O) groups is 2. The number of benzene rings is 2. The van der Waals surface area contributed by atoms with Gasteiger partial charge < -0.3 is 14.8 Å². The number of carboxylic acid groups (broad SMARTS) is 1. The number of anilines is 1. The number of amides is 1. The van der Waals surface area contributed by atoms with Gasteiger partial charge in [0.05, 0.1) is 23.1 Å². The van der Waals surface area contributed by atoms with Crippen LogP contribution in [0, 0.1) is 0 Å². The van der Waals surface area contributed by atoms with Crippen LogP contribution in [0.25, 0.3) is 0 Å². The molecule has 1 amide bonds. The van der Waals surface area contributed by atoms with Crippen molar-refractivity contribution in [2.24, 2.45) is 0 Å². The van der Waals surface area contributed by atoms with Crippen LogP contribution in [0.4, 0.5) is 5.69 Å². The number of furan rings is 1. The molecule has 0 saturated heterocycles. The predicted octanol–water partition coefficient (Wildman–Crippen LogP) is 3.13. The summed E-state index contributed by atoms with van der Waals surface area (Å²) in [5, 5.41) is 12.3. The first kappa shape index (κ1) is 22.3. The quantitative estimate of drug-likeness (QED) is 0.467. The Bertz CT molecular complexity index is 1140. The number of aliphatic carboxylic acids is 1. The first-order chi connectivity index (χ1) is 14.7. The molecule has 0 radical (unpaired) electrons. The average molecular weight is 442 g/mol. The average Bonchev–Trinajstić information content (AvgIpc) is 3.27. The van der Waals surface area contributed by atoms with E-state index in [-0.39, 0.29) is 17.9 Å². The second-order valence-electron chi connectivity index (χ2n) is 7.16. The highest BCUT2D eigenvalue weighted by molar-refractivity contribution is 7.89. The summed E-state index contributed by atoms with van der Waals surface area (Å²) in [5.41, 5.74) is -0.526. The molecule has 3 aromatic rings. The second-order valence-corrected chi connectivity index (χ2v) is 8.92. The summed E-state index contributed by atoms with van der Waals surface area (Å²) < 4.78 is 32.3. The molecule has 2 aromatic carbocycles. The molecule has 0 aliphatic rings. The largest absolute Gasteiger partial charge is 0.481 e. The molecule has 0 fully saturated rings. The van der Waals surface area contributed by atoms with Gasteiger partial charge in [0, 0.05) is 12.1 Å². The minimum atomic E-state index is -3.76. The van der Waals surface area contributed by atoms with E-state index in [1.807, 2.05) is 0 Å². The summed E-state index contributed by atoms with van der Waals surface area (Å²) >= 11 is 0. The third-order valence-corrected chi connectivity index (χ3v) is 6.28. The van der Waals surface area contributed by atoms with E-state index in [0.717, 1.165) is 0 Å². The van der Waals surface area contributed by atoms with Crippen molar-refractivity contribution >= 4 is 27.6 Å². The topological polar surface area (TPSA) is 126 Å². The Morgan fingerprint density at radius 1 is 1.00 bits per heavy atom. The smallest absolute Gasteiger partial charge is 0.314 e. The highest BCUT2D eigenvalue weighted by Crippen LogP contribution is 2.28. The monoisotopic (exact) mass is 442 g/mol. The highest BCUT2D eigenvalue weighted by atomic mass is 32.2. The lowest BCUT2D eigenvalue weighted by atomic mass is 9.79. The van der Waals surface area contributed by atoms with Crippen molar-refractivity contribution in [1.82, 2.24) is 4.72 Å². The van der Waals surface area contributed by atoms with Crippen molar-refractivity contribution in [3.05, 3.63) is 84.3 Å². The van der Waals surface area contributed by atoms with E-state index < -0.39 is 27.3 Å². The molecule has 3 N–H and O–H groups in total. The molecule has 3 rings (SSSR count). The van der Waals surface area contributed by atoms with Crippen LogP contribution < -0.4 is 10.0 Å². The van der Waals surface area contributed by atoms with Crippen molar-refractivity contribution in [1.29, 1.82) is 0 Å². The molecular formula is C22H22N2O6S. The van der Waals surface area contributed by atoms with Gasteiger partial charge in [-0.25, -0.2) is 13.1 Å². The number of nitrogens with one attached hydrogen (secondary N) is 2. The zero-order valence-corrected chi connectivity index (χ0v) is 17.6. The SMILES string of the molecule is C[C@@](CC(=O)Nc1ccc(S(=O)(=O)NCc2ccco2)cc1)(C(=O)O)c1ccccc1. The molecule has 0 unspecified atom stereocenters. The van der Waals surface area contributed by atoms with Crippen molar-refractivity contribution in [2.75, 3.05) is 5.32 Å². The van der Waals surface area contributed by atoms with E-state index in [0.29, 0.717) is 17.0 Å². The Morgan fingerprint density at radius 3 is 2.26 bits per heavy atom. The summed E-state index contributed by atoms with van der Waals surface area (Å²) in [5.74, 6) is -1.13. The lowest BCUT2D eigenvalue weighted by molar-refractivity contribution is -0.145. The molecule has 1 heterocycles. The molecular weight excluding hydrogens is 420 g/mol. The lowest BCUT2D eigenvalue weighted by Crippen LogP contribution is -2.36. The van der Waals surface area contributed by atoms with E-state index >= 15 is 0 Å². The first-order valence-corrected chi connectivity index (χ1v) is 10.9. The molecule has 0 saturated carbocycles. The minimum absolute atomic E-state index is 0.0150. The van der Waals surface area contributed by atoms with Gasteiger partial charge in [-0.2, -0.15) is 0 Å². The van der Waals surface area contributed by atoms with Crippen LogP contribution in [-0.2, 0) is 31.6 Å². The third kappa shape index (κ3) is 5.39. The molecule has 9 heteroatoms. The van der Waals surface area contributed by atoms with Crippen LogP contribution in [0.2, 0.25) is 0 Å². The summed E-state index contributed by atoms with van der Waals surface area (Å²) in [6, 6.07) is 17.4. The van der Waals surface area contributed by atoms with Gasteiger partial charge in [-0.3, -0.25) is 9.59 Å². The number of sulfonamides is 1. The zero-order chi connectivity index (χ0) is 22.5. The maximum absolute atomic E-state index is 12.5. The Balaban J connectivity index is 1.66. The third-order valence-electron chi connectivity index (χ3n) is 4.86. The van der Waals surface area contributed by atoms with Gasteiger partial charge in [-0.1, -0.05) is 30.3 Å². The van der Waals surface area contributed by atoms with E-state index in [1.165, 1.54) is 37.5 Å². The van der Waals surface area contributed by atoms with Gasteiger partial charge >= 0.3 is 5.97 Å². The molecule has 8 nitrogen and oxygen atoms in total. The molecule has 162 valence electrons. The molecule has 1 atom stereocenters. The summed E-state index contributed by atoms with van der Waals surface area (Å²) in [6.07, 6.45) is 1.17. The van der Waals surface area contributed by atoms with Gasteiger partial charge in [-0.05, 0) is 48.9 Å². The summed E-state index contributed by atoms with van der Waals surface area (Å²) in [6.45, 7) is 1.51. The number of rotatable bonds is 9. The van der Waals surface area contributed by atoms with E-state index in [4.69, 9.17) is 4.42 Å². The number of carboxylic acids is 1. The van der Waals surface area contributed by atoms with E-state index in [1.54, 1.807) is 42.5 Å². The predicted molar refractivity (Wildman–Crippen MR) is 114 cm³/mol. The maximum Gasteiger partial charge on any atom is 0.314 e. The van der Waals surface area contributed by atoms with Crippen LogP contribution >= 0.6 is 0 Å². The molecule has 31 heavy (non-hydrogen) atoms. The van der Waals surface area contributed by atoms with Gasteiger partial charge in [0.2, 0.25) is 15.9 Å². The fraction of sp³-hybridized carbons (Fsp3) is 0.182. The normalized spacial score (nSPS) is 13.3. The molecule has 0 aliphatic heterocycles. The van der Waals surface area contributed by atoms with Gasteiger partial charge in [0.1, 0.15) is 5.76 Å². The lowest BCUT2D eigenvalue weighted by Gasteiger charge is -2.24. The minimum Gasteiger partial charge on any atom is -0.481 e. The number of carbonyl (C=O) groups excluding carboxylic acids is 1. The molecule has 1 aromatic heterocycles.